The summed E-state index contributed by atoms with van der Waals surface area (Å²) < 4.78 is 4.97. The molecule has 1 heterocycles. The van der Waals surface area contributed by atoms with Crippen LogP contribution in [0.5, 0.6) is 0 Å². The van der Waals surface area contributed by atoms with Crippen LogP contribution in [0.1, 0.15) is 19.8 Å². The molecule has 1 rings (SSSR count). The van der Waals surface area contributed by atoms with Gasteiger partial charge in [-0.1, -0.05) is 0 Å². The Morgan fingerprint density at radius 1 is 1.64 bits per heavy atom. The highest BCUT2D eigenvalue weighted by molar-refractivity contribution is 5.82. The van der Waals surface area contributed by atoms with Crippen LogP contribution in [0.15, 0.2) is 0 Å². The quantitative estimate of drug-likeness (QED) is 0.691. The second-order valence-electron chi connectivity index (χ2n) is 3.56. The van der Waals surface area contributed by atoms with Crippen molar-refractivity contribution in [1.82, 2.24) is 10.2 Å². The lowest BCUT2D eigenvalue weighted by atomic mass is 10.2. The van der Waals surface area contributed by atoms with E-state index in [-0.39, 0.29) is 11.9 Å². The van der Waals surface area contributed by atoms with Crippen LogP contribution in [0.4, 0.5) is 0 Å². The van der Waals surface area contributed by atoms with Crippen LogP contribution in [0.25, 0.3) is 0 Å². The van der Waals surface area contributed by atoms with Crippen LogP contribution in [0.3, 0.4) is 0 Å². The normalized spacial score (nSPS) is 21.1. The molecule has 1 aliphatic heterocycles. The number of carbonyl (C=O) groups excluding carboxylic acids is 1. The molecule has 1 aliphatic rings. The number of methoxy groups -OCH3 is 1. The summed E-state index contributed by atoms with van der Waals surface area (Å²) in [5.41, 5.74) is 0. The molecule has 0 aliphatic carbocycles. The molecule has 0 unspecified atom stereocenters. The summed E-state index contributed by atoms with van der Waals surface area (Å²) in [7, 11) is 1.66. The molecular weight excluding hydrogens is 180 g/mol. The lowest BCUT2D eigenvalue weighted by Gasteiger charge is -2.23. The van der Waals surface area contributed by atoms with Crippen molar-refractivity contribution >= 4 is 5.91 Å². The van der Waals surface area contributed by atoms with Gasteiger partial charge in [0.05, 0.1) is 12.6 Å². The number of carbonyl (C=O) groups is 1. The Bertz CT molecular complexity index is 179. The van der Waals surface area contributed by atoms with Gasteiger partial charge < -0.3 is 15.0 Å². The fourth-order valence-corrected chi connectivity index (χ4v) is 1.74. The standard InChI is InChI=1S/C10H20N2O2/c1-3-12(7-8-14-2)10(13)9-5-4-6-11-9/h9,11H,3-8H2,1-2H3/t9-/m0/s1. The van der Waals surface area contributed by atoms with E-state index in [4.69, 9.17) is 4.74 Å². The van der Waals surface area contributed by atoms with Crippen molar-refractivity contribution in [2.45, 2.75) is 25.8 Å². The van der Waals surface area contributed by atoms with Crippen molar-refractivity contribution in [2.75, 3.05) is 33.4 Å². The first-order valence-corrected chi connectivity index (χ1v) is 5.30. The number of amides is 1. The average molecular weight is 200 g/mol. The Kier molecular flexibility index (Phi) is 4.90. The summed E-state index contributed by atoms with van der Waals surface area (Å²) in [4.78, 5) is 13.7. The molecule has 0 radical (unpaired) electrons. The van der Waals surface area contributed by atoms with Gasteiger partial charge in [-0.15, -0.1) is 0 Å². The van der Waals surface area contributed by atoms with E-state index < -0.39 is 0 Å². The Morgan fingerprint density at radius 2 is 2.43 bits per heavy atom. The van der Waals surface area contributed by atoms with Gasteiger partial charge in [-0.25, -0.2) is 0 Å². The highest BCUT2D eigenvalue weighted by Gasteiger charge is 2.25. The van der Waals surface area contributed by atoms with Crippen LogP contribution < -0.4 is 5.32 Å². The molecule has 0 aromatic carbocycles. The number of likely N-dealkylation sites (N-methyl/N-ethyl adjacent to an activating group) is 1. The Balaban J connectivity index is 2.37. The predicted molar refractivity (Wildman–Crippen MR) is 55.2 cm³/mol. The molecule has 1 amide bonds. The Morgan fingerprint density at radius 3 is 2.93 bits per heavy atom. The molecule has 4 heteroatoms. The predicted octanol–water partition coefficient (Wildman–Crippen LogP) is 0.233. The molecule has 82 valence electrons. The van der Waals surface area contributed by atoms with Gasteiger partial charge in [-0.05, 0) is 26.3 Å². The van der Waals surface area contributed by atoms with E-state index >= 15 is 0 Å². The molecule has 0 aromatic heterocycles. The van der Waals surface area contributed by atoms with Gasteiger partial charge in [0.2, 0.25) is 5.91 Å². The van der Waals surface area contributed by atoms with Crippen molar-refractivity contribution in [3.63, 3.8) is 0 Å². The molecule has 0 aromatic rings. The molecule has 1 atom stereocenters. The molecule has 4 nitrogen and oxygen atoms in total. The number of nitrogens with one attached hydrogen (secondary N) is 1. The van der Waals surface area contributed by atoms with Crippen LogP contribution in [-0.4, -0.2) is 50.2 Å². The minimum Gasteiger partial charge on any atom is -0.383 e. The maximum atomic E-state index is 11.9. The molecule has 1 N–H and O–H groups in total. The van der Waals surface area contributed by atoms with E-state index in [1.165, 1.54) is 0 Å². The van der Waals surface area contributed by atoms with E-state index in [0.29, 0.717) is 13.2 Å². The highest BCUT2D eigenvalue weighted by Crippen LogP contribution is 2.08. The zero-order valence-corrected chi connectivity index (χ0v) is 9.08. The zero-order valence-electron chi connectivity index (χ0n) is 9.08. The maximum absolute atomic E-state index is 11.9. The molecular formula is C10H20N2O2. The smallest absolute Gasteiger partial charge is 0.239 e. The van der Waals surface area contributed by atoms with Crippen molar-refractivity contribution in [3.05, 3.63) is 0 Å². The van der Waals surface area contributed by atoms with Crippen molar-refractivity contribution in [1.29, 1.82) is 0 Å². The van der Waals surface area contributed by atoms with E-state index in [1.54, 1.807) is 7.11 Å². The van der Waals surface area contributed by atoms with Crippen molar-refractivity contribution < 1.29 is 9.53 Å². The first-order valence-electron chi connectivity index (χ1n) is 5.30. The lowest BCUT2D eigenvalue weighted by Crippen LogP contribution is -2.44. The number of hydrogen-bond donors (Lipinski definition) is 1. The number of ether oxygens (including phenoxy) is 1. The Labute approximate surface area is 85.6 Å². The second kappa shape index (κ2) is 5.98. The first-order chi connectivity index (χ1) is 6.79. The fourth-order valence-electron chi connectivity index (χ4n) is 1.74. The lowest BCUT2D eigenvalue weighted by molar-refractivity contribution is -0.133. The molecule has 0 spiro atoms. The first kappa shape index (κ1) is 11.5. The molecule has 0 bridgehead atoms. The Hall–Kier alpha value is -0.610. The minimum absolute atomic E-state index is 0.0480. The summed E-state index contributed by atoms with van der Waals surface area (Å²) >= 11 is 0. The third-order valence-corrected chi connectivity index (χ3v) is 2.62. The largest absolute Gasteiger partial charge is 0.383 e. The van der Waals surface area contributed by atoms with Gasteiger partial charge in [0.1, 0.15) is 0 Å². The summed E-state index contributed by atoms with van der Waals surface area (Å²) in [5.74, 6) is 0.224. The molecule has 14 heavy (non-hydrogen) atoms. The van der Waals surface area contributed by atoms with Gasteiger partial charge in [0, 0.05) is 20.2 Å². The molecule has 1 fully saturated rings. The van der Waals surface area contributed by atoms with Gasteiger partial charge in [-0.2, -0.15) is 0 Å². The topological polar surface area (TPSA) is 41.6 Å². The summed E-state index contributed by atoms with van der Waals surface area (Å²) in [6.45, 7) is 5.05. The van der Waals surface area contributed by atoms with Gasteiger partial charge in [0.15, 0.2) is 0 Å². The average Bonchev–Trinajstić information content (AvgIpc) is 2.71. The molecule has 0 saturated carbocycles. The van der Waals surface area contributed by atoms with Crippen LogP contribution in [-0.2, 0) is 9.53 Å². The summed E-state index contributed by atoms with van der Waals surface area (Å²) in [6, 6.07) is 0.0480. The van der Waals surface area contributed by atoms with Gasteiger partial charge in [-0.3, -0.25) is 4.79 Å². The SMILES string of the molecule is CCN(CCOC)C(=O)[C@@H]1CCCN1. The third kappa shape index (κ3) is 2.96. The third-order valence-electron chi connectivity index (χ3n) is 2.62. The summed E-state index contributed by atoms with van der Waals surface area (Å²) in [6.07, 6.45) is 2.08. The van der Waals surface area contributed by atoms with Crippen molar-refractivity contribution in [2.24, 2.45) is 0 Å². The number of hydrogen-bond acceptors (Lipinski definition) is 3. The fraction of sp³-hybridized carbons (Fsp3) is 0.900. The number of nitrogens with zero attached hydrogens (tertiary/aromatic N) is 1. The van der Waals surface area contributed by atoms with Crippen molar-refractivity contribution in [3.8, 4) is 0 Å². The van der Waals surface area contributed by atoms with Crippen LogP contribution in [0.2, 0.25) is 0 Å². The second-order valence-corrected chi connectivity index (χ2v) is 3.56. The van der Waals surface area contributed by atoms with E-state index in [0.717, 1.165) is 25.9 Å². The van der Waals surface area contributed by atoms with E-state index in [9.17, 15) is 4.79 Å². The maximum Gasteiger partial charge on any atom is 0.239 e. The molecule has 1 saturated heterocycles. The highest BCUT2D eigenvalue weighted by atomic mass is 16.5. The van der Waals surface area contributed by atoms with E-state index in [1.807, 2.05) is 11.8 Å². The monoisotopic (exact) mass is 200 g/mol. The minimum atomic E-state index is 0.0480. The summed E-state index contributed by atoms with van der Waals surface area (Å²) in [5, 5.41) is 3.22. The van der Waals surface area contributed by atoms with Gasteiger partial charge in [0.25, 0.3) is 0 Å². The zero-order chi connectivity index (χ0) is 10.4. The number of rotatable bonds is 5. The van der Waals surface area contributed by atoms with E-state index in [2.05, 4.69) is 5.32 Å². The van der Waals surface area contributed by atoms with Gasteiger partial charge >= 0.3 is 0 Å². The van der Waals surface area contributed by atoms with Crippen LogP contribution in [0, 0.1) is 0 Å². The van der Waals surface area contributed by atoms with Crippen LogP contribution >= 0.6 is 0 Å².